The molecule has 0 aromatic carbocycles. The van der Waals surface area contributed by atoms with Crippen molar-refractivity contribution in [3.63, 3.8) is 0 Å². The Morgan fingerprint density at radius 2 is 1.94 bits per heavy atom. The Bertz CT molecular complexity index is 207. The number of aliphatic hydroxyl groups is 1. The van der Waals surface area contributed by atoms with Crippen LogP contribution in [0.2, 0.25) is 0 Å². The molecule has 0 radical (unpaired) electrons. The van der Waals surface area contributed by atoms with Crippen molar-refractivity contribution in [2.45, 2.75) is 46.5 Å². The third kappa shape index (κ3) is 5.50. The van der Waals surface area contributed by atoms with Crippen LogP contribution in [0.4, 0.5) is 0 Å². The molecule has 0 saturated carbocycles. The number of thioether (sulfide) groups is 1. The highest BCUT2D eigenvalue weighted by Crippen LogP contribution is 2.34. The number of rotatable bonds is 8. The molecule has 0 spiro atoms. The summed E-state index contributed by atoms with van der Waals surface area (Å²) >= 11 is 2.09. The Kier molecular flexibility index (Phi) is 7.66. The van der Waals surface area contributed by atoms with Crippen molar-refractivity contribution in [1.82, 2.24) is 4.90 Å². The molecule has 1 N–H and O–H groups in total. The van der Waals surface area contributed by atoms with Gasteiger partial charge in [0.25, 0.3) is 0 Å². The van der Waals surface area contributed by atoms with Crippen LogP contribution < -0.4 is 0 Å². The summed E-state index contributed by atoms with van der Waals surface area (Å²) in [7, 11) is 0. The third-order valence-electron chi connectivity index (χ3n) is 4.22. The van der Waals surface area contributed by atoms with E-state index in [1.165, 1.54) is 50.4 Å². The van der Waals surface area contributed by atoms with Gasteiger partial charge in [-0.1, -0.05) is 20.8 Å². The van der Waals surface area contributed by atoms with Gasteiger partial charge in [0.2, 0.25) is 0 Å². The van der Waals surface area contributed by atoms with Crippen LogP contribution in [-0.2, 0) is 0 Å². The Morgan fingerprint density at radius 1 is 1.28 bits per heavy atom. The van der Waals surface area contributed by atoms with E-state index >= 15 is 0 Å². The molecule has 1 rings (SSSR count). The van der Waals surface area contributed by atoms with E-state index in [0.717, 1.165) is 12.3 Å². The molecule has 0 bridgehead atoms. The first-order valence-electron chi connectivity index (χ1n) is 7.53. The molecule has 2 nitrogen and oxygen atoms in total. The zero-order chi connectivity index (χ0) is 13.4. The van der Waals surface area contributed by atoms with Gasteiger partial charge in [0.05, 0.1) is 0 Å². The van der Waals surface area contributed by atoms with Crippen LogP contribution in [0.5, 0.6) is 0 Å². The zero-order valence-corrected chi connectivity index (χ0v) is 13.3. The average molecular weight is 273 g/mol. The molecule has 1 aliphatic rings. The SMILES string of the molecule is CCC1(CO)CCN(CCCSCC(C)C)CC1. The minimum absolute atomic E-state index is 0.239. The summed E-state index contributed by atoms with van der Waals surface area (Å²) in [5, 5.41) is 9.50. The van der Waals surface area contributed by atoms with E-state index in [0.29, 0.717) is 6.61 Å². The maximum Gasteiger partial charge on any atom is 0.0488 e. The van der Waals surface area contributed by atoms with Gasteiger partial charge < -0.3 is 10.0 Å². The highest BCUT2D eigenvalue weighted by Gasteiger charge is 2.31. The van der Waals surface area contributed by atoms with E-state index in [4.69, 9.17) is 0 Å². The van der Waals surface area contributed by atoms with Gasteiger partial charge in [0.1, 0.15) is 0 Å². The van der Waals surface area contributed by atoms with Crippen LogP contribution >= 0.6 is 11.8 Å². The number of aliphatic hydroxyl groups excluding tert-OH is 1. The normalized spacial score (nSPS) is 20.5. The van der Waals surface area contributed by atoms with Crippen molar-refractivity contribution in [3.8, 4) is 0 Å². The Labute approximate surface area is 118 Å². The predicted octanol–water partition coefficient (Wildman–Crippen LogP) is 3.25. The van der Waals surface area contributed by atoms with Crippen molar-refractivity contribution in [2.75, 3.05) is 37.7 Å². The number of hydrogen-bond donors (Lipinski definition) is 1. The van der Waals surface area contributed by atoms with Crippen LogP contribution in [-0.4, -0.2) is 47.8 Å². The van der Waals surface area contributed by atoms with E-state index in [1.807, 2.05) is 0 Å². The fourth-order valence-corrected chi connectivity index (χ4v) is 3.55. The smallest absolute Gasteiger partial charge is 0.0488 e. The molecule has 0 aromatic heterocycles. The lowest BCUT2D eigenvalue weighted by Crippen LogP contribution is -2.42. The molecule has 18 heavy (non-hydrogen) atoms. The van der Waals surface area contributed by atoms with Gasteiger partial charge >= 0.3 is 0 Å². The number of likely N-dealkylation sites (tertiary alicyclic amines) is 1. The predicted molar refractivity (Wildman–Crippen MR) is 82.3 cm³/mol. The first-order chi connectivity index (χ1) is 8.62. The lowest BCUT2D eigenvalue weighted by Gasteiger charge is -2.40. The third-order valence-corrected chi connectivity index (χ3v) is 5.70. The zero-order valence-electron chi connectivity index (χ0n) is 12.5. The average Bonchev–Trinajstić information content (AvgIpc) is 2.39. The molecule has 108 valence electrons. The van der Waals surface area contributed by atoms with Crippen LogP contribution in [0, 0.1) is 11.3 Å². The monoisotopic (exact) mass is 273 g/mol. The summed E-state index contributed by atoms with van der Waals surface area (Å²) in [5.41, 5.74) is 0.239. The lowest BCUT2D eigenvalue weighted by atomic mass is 9.77. The van der Waals surface area contributed by atoms with E-state index in [1.54, 1.807) is 0 Å². The Balaban J connectivity index is 2.09. The fourth-order valence-electron chi connectivity index (χ4n) is 2.58. The summed E-state index contributed by atoms with van der Waals surface area (Å²) in [5.74, 6) is 3.41. The first-order valence-corrected chi connectivity index (χ1v) is 8.68. The molecule has 1 aliphatic heterocycles. The summed E-state index contributed by atoms with van der Waals surface area (Å²) in [6, 6.07) is 0. The number of nitrogens with zero attached hydrogens (tertiary/aromatic N) is 1. The van der Waals surface area contributed by atoms with E-state index in [-0.39, 0.29) is 5.41 Å². The second-order valence-corrected chi connectivity index (χ2v) is 7.33. The molecule has 1 heterocycles. The topological polar surface area (TPSA) is 23.5 Å². The van der Waals surface area contributed by atoms with Crippen molar-refractivity contribution in [1.29, 1.82) is 0 Å². The van der Waals surface area contributed by atoms with Gasteiger partial charge in [0, 0.05) is 6.61 Å². The minimum atomic E-state index is 0.239. The second kappa shape index (κ2) is 8.44. The highest BCUT2D eigenvalue weighted by atomic mass is 32.2. The van der Waals surface area contributed by atoms with Gasteiger partial charge in [-0.05, 0) is 68.2 Å². The first kappa shape index (κ1) is 16.3. The summed E-state index contributed by atoms with van der Waals surface area (Å²) in [6.07, 6.45) is 4.80. The van der Waals surface area contributed by atoms with Gasteiger partial charge in [-0.15, -0.1) is 0 Å². The molecule has 0 aliphatic carbocycles. The maximum atomic E-state index is 9.50. The summed E-state index contributed by atoms with van der Waals surface area (Å²) in [4.78, 5) is 2.58. The standard InChI is InChI=1S/C15H31NOS/c1-4-15(13-17)6-9-16(10-7-15)8-5-11-18-12-14(2)3/h14,17H,4-13H2,1-3H3. The molecular weight excluding hydrogens is 242 g/mol. The molecule has 0 atom stereocenters. The van der Waals surface area contributed by atoms with Gasteiger partial charge in [-0.25, -0.2) is 0 Å². The van der Waals surface area contributed by atoms with E-state index < -0.39 is 0 Å². The van der Waals surface area contributed by atoms with Crippen molar-refractivity contribution < 1.29 is 5.11 Å². The fraction of sp³-hybridized carbons (Fsp3) is 1.00. The van der Waals surface area contributed by atoms with Gasteiger partial charge in [-0.2, -0.15) is 11.8 Å². The van der Waals surface area contributed by atoms with Gasteiger partial charge in [0.15, 0.2) is 0 Å². The molecular formula is C15H31NOS. The van der Waals surface area contributed by atoms with Crippen LogP contribution in [0.1, 0.15) is 46.5 Å². The Morgan fingerprint density at radius 3 is 2.44 bits per heavy atom. The quantitative estimate of drug-likeness (QED) is 0.687. The van der Waals surface area contributed by atoms with Crippen molar-refractivity contribution in [2.24, 2.45) is 11.3 Å². The van der Waals surface area contributed by atoms with E-state index in [9.17, 15) is 5.11 Å². The molecule has 0 unspecified atom stereocenters. The largest absolute Gasteiger partial charge is 0.396 e. The number of hydrogen-bond acceptors (Lipinski definition) is 3. The van der Waals surface area contributed by atoms with Crippen LogP contribution in [0.3, 0.4) is 0 Å². The highest BCUT2D eigenvalue weighted by molar-refractivity contribution is 7.99. The second-order valence-electron chi connectivity index (χ2n) is 6.18. The minimum Gasteiger partial charge on any atom is -0.396 e. The summed E-state index contributed by atoms with van der Waals surface area (Å²) < 4.78 is 0. The summed E-state index contributed by atoms with van der Waals surface area (Å²) in [6.45, 7) is 10.8. The Hall–Kier alpha value is 0.270. The molecule has 1 saturated heterocycles. The van der Waals surface area contributed by atoms with Crippen LogP contribution in [0.15, 0.2) is 0 Å². The maximum absolute atomic E-state index is 9.50. The molecule has 1 fully saturated rings. The van der Waals surface area contributed by atoms with Gasteiger partial charge in [-0.3, -0.25) is 0 Å². The van der Waals surface area contributed by atoms with Crippen LogP contribution in [0.25, 0.3) is 0 Å². The number of piperidine rings is 1. The molecule has 3 heteroatoms. The van der Waals surface area contributed by atoms with E-state index in [2.05, 4.69) is 37.4 Å². The van der Waals surface area contributed by atoms with Crippen molar-refractivity contribution in [3.05, 3.63) is 0 Å². The lowest BCUT2D eigenvalue weighted by molar-refractivity contribution is 0.0411. The molecule has 0 amide bonds. The molecule has 0 aromatic rings. The van der Waals surface area contributed by atoms with Crippen molar-refractivity contribution >= 4 is 11.8 Å².